The van der Waals surface area contributed by atoms with Crippen LogP contribution in [0.1, 0.15) is 44.6 Å². The van der Waals surface area contributed by atoms with Gasteiger partial charge in [0.2, 0.25) is 17.7 Å². The molecular weight excluding hydrogens is 318 g/mol. The largest absolute Gasteiger partial charge is 0.354 e. The van der Waals surface area contributed by atoms with Gasteiger partial charge in [0.25, 0.3) is 0 Å². The Morgan fingerprint density at radius 3 is 2.76 bits per heavy atom. The van der Waals surface area contributed by atoms with Crippen molar-refractivity contribution >= 4 is 23.4 Å². The average Bonchev–Trinajstić information content (AvgIpc) is 3.41. The van der Waals surface area contributed by atoms with E-state index in [1.165, 1.54) is 0 Å². The van der Waals surface area contributed by atoms with E-state index in [1.807, 2.05) is 24.3 Å². The maximum atomic E-state index is 12.5. The molecule has 1 heterocycles. The van der Waals surface area contributed by atoms with E-state index in [1.54, 1.807) is 11.8 Å². The Labute approximate surface area is 148 Å². The van der Waals surface area contributed by atoms with Crippen LogP contribution in [0.4, 0.5) is 5.69 Å². The molecule has 2 aliphatic rings. The fraction of sp³-hybridized carbons (Fsp3) is 0.526. The molecule has 0 unspecified atom stereocenters. The second kappa shape index (κ2) is 7.68. The highest BCUT2D eigenvalue weighted by Crippen LogP contribution is 2.28. The van der Waals surface area contributed by atoms with Gasteiger partial charge in [-0.3, -0.25) is 19.3 Å². The second-order valence-electron chi connectivity index (χ2n) is 6.80. The number of anilines is 1. The second-order valence-corrected chi connectivity index (χ2v) is 6.80. The van der Waals surface area contributed by atoms with Gasteiger partial charge < -0.3 is 10.6 Å². The predicted molar refractivity (Wildman–Crippen MR) is 95.1 cm³/mol. The van der Waals surface area contributed by atoms with E-state index in [0.29, 0.717) is 12.5 Å². The Kier molecular flexibility index (Phi) is 5.36. The predicted octanol–water partition coefficient (Wildman–Crippen LogP) is 1.53. The molecule has 0 spiro atoms. The van der Waals surface area contributed by atoms with Gasteiger partial charge in [0.1, 0.15) is 6.04 Å². The van der Waals surface area contributed by atoms with Gasteiger partial charge in [0.05, 0.1) is 0 Å². The highest BCUT2D eigenvalue weighted by atomic mass is 16.2. The van der Waals surface area contributed by atoms with Crippen molar-refractivity contribution in [3.63, 3.8) is 0 Å². The van der Waals surface area contributed by atoms with Crippen LogP contribution in [0, 0.1) is 0 Å². The van der Waals surface area contributed by atoms with Crippen molar-refractivity contribution in [2.45, 2.75) is 57.5 Å². The summed E-state index contributed by atoms with van der Waals surface area (Å²) in [4.78, 5) is 38.3. The minimum absolute atomic E-state index is 0.0286. The third-order valence-corrected chi connectivity index (χ3v) is 4.72. The maximum absolute atomic E-state index is 12.5. The van der Waals surface area contributed by atoms with Gasteiger partial charge in [0, 0.05) is 31.1 Å². The smallest absolute Gasteiger partial charge is 0.242 e. The van der Waals surface area contributed by atoms with Gasteiger partial charge in [-0.15, -0.1) is 0 Å². The third kappa shape index (κ3) is 4.38. The van der Waals surface area contributed by atoms with Crippen LogP contribution in [0.2, 0.25) is 0 Å². The fourth-order valence-corrected chi connectivity index (χ4v) is 3.16. The topological polar surface area (TPSA) is 78.5 Å². The maximum Gasteiger partial charge on any atom is 0.242 e. The van der Waals surface area contributed by atoms with E-state index in [9.17, 15) is 14.4 Å². The van der Waals surface area contributed by atoms with Crippen molar-refractivity contribution in [3.8, 4) is 0 Å². The van der Waals surface area contributed by atoms with E-state index in [4.69, 9.17) is 0 Å². The van der Waals surface area contributed by atoms with Crippen LogP contribution in [0.15, 0.2) is 24.3 Å². The molecule has 1 aromatic carbocycles. The van der Waals surface area contributed by atoms with Crippen LogP contribution >= 0.6 is 0 Å². The van der Waals surface area contributed by atoms with E-state index < -0.39 is 6.04 Å². The van der Waals surface area contributed by atoms with Crippen LogP contribution in [0.25, 0.3) is 0 Å². The summed E-state index contributed by atoms with van der Waals surface area (Å²) >= 11 is 0. The van der Waals surface area contributed by atoms with Gasteiger partial charge in [-0.2, -0.15) is 0 Å². The number of amides is 3. The Morgan fingerprint density at radius 1 is 1.24 bits per heavy atom. The quantitative estimate of drug-likeness (QED) is 0.822. The first-order valence-electron chi connectivity index (χ1n) is 9.03. The number of para-hydroxylation sites is 1. The lowest BCUT2D eigenvalue weighted by atomic mass is 10.1. The van der Waals surface area contributed by atoms with Crippen molar-refractivity contribution in [2.75, 3.05) is 11.4 Å². The minimum Gasteiger partial charge on any atom is -0.354 e. The number of hydrogen-bond acceptors (Lipinski definition) is 3. The molecule has 25 heavy (non-hydrogen) atoms. The zero-order valence-electron chi connectivity index (χ0n) is 14.6. The van der Waals surface area contributed by atoms with Gasteiger partial charge in [-0.05, 0) is 44.2 Å². The van der Waals surface area contributed by atoms with Crippen LogP contribution in [0.3, 0.4) is 0 Å². The summed E-state index contributed by atoms with van der Waals surface area (Å²) in [7, 11) is 0. The number of nitrogens with zero attached hydrogens (tertiary/aromatic N) is 1. The van der Waals surface area contributed by atoms with Crippen LogP contribution in [-0.2, 0) is 20.8 Å². The van der Waals surface area contributed by atoms with E-state index in [2.05, 4.69) is 10.6 Å². The van der Waals surface area contributed by atoms with Crippen LogP contribution in [0.5, 0.6) is 0 Å². The molecule has 0 bridgehead atoms. The van der Waals surface area contributed by atoms with Crippen molar-refractivity contribution in [1.29, 1.82) is 0 Å². The molecular formula is C19H25N3O3. The van der Waals surface area contributed by atoms with E-state index in [-0.39, 0.29) is 30.7 Å². The third-order valence-electron chi connectivity index (χ3n) is 4.72. The number of carbonyl (C=O) groups excluding carboxylic acids is 3. The number of benzene rings is 1. The number of nitrogens with one attached hydrogen (secondary N) is 2. The fourth-order valence-electron chi connectivity index (χ4n) is 3.16. The number of rotatable bonds is 6. The SMILES string of the molecule is C[C@H](C(=O)NCCC(=O)NC1CC1)N1C(=O)CCCc2ccccc21. The van der Waals surface area contributed by atoms with Crippen molar-refractivity contribution in [2.24, 2.45) is 0 Å². The molecule has 0 aromatic heterocycles. The Balaban J connectivity index is 1.60. The zero-order valence-corrected chi connectivity index (χ0v) is 14.6. The summed E-state index contributed by atoms with van der Waals surface area (Å²) in [5.41, 5.74) is 1.91. The van der Waals surface area contributed by atoms with E-state index >= 15 is 0 Å². The molecule has 3 rings (SSSR count). The molecule has 6 heteroatoms. The first-order valence-corrected chi connectivity index (χ1v) is 9.03. The lowest BCUT2D eigenvalue weighted by Gasteiger charge is -2.28. The van der Waals surface area contributed by atoms with Crippen molar-refractivity contribution in [3.05, 3.63) is 29.8 Å². The highest BCUT2D eigenvalue weighted by molar-refractivity contribution is 6.01. The molecule has 1 saturated carbocycles. The van der Waals surface area contributed by atoms with Gasteiger partial charge in [-0.25, -0.2) is 0 Å². The normalized spacial score (nSPS) is 18.1. The van der Waals surface area contributed by atoms with Gasteiger partial charge in [-0.1, -0.05) is 18.2 Å². The highest BCUT2D eigenvalue weighted by Gasteiger charge is 2.30. The number of hydrogen-bond donors (Lipinski definition) is 2. The molecule has 1 aromatic rings. The Hall–Kier alpha value is -2.37. The minimum atomic E-state index is -0.599. The number of fused-ring (bicyclic) bond motifs is 1. The first kappa shape index (κ1) is 17.5. The summed E-state index contributed by atoms with van der Waals surface area (Å²) in [5, 5.41) is 5.68. The molecule has 6 nitrogen and oxygen atoms in total. The summed E-state index contributed by atoms with van der Waals surface area (Å²) in [6, 6.07) is 7.47. The zero-order chi connectivity index (χ0) is 17.8. The van der Waals surface area contributed by atoms with Crippen molar-refractivity contribution < 1.29 is 14.4 Å². The molecule has 0 radical (unpaired) electrons. The van der Waals surface area contributed by atoms with Crippen LogP contribution < -0.4 is 15.5 Å². The van der Waals surface area contributed by atoms with Gasteiger partial charge in [0.15, 0.2) is 0 Å². The molecule has 3 amide bonds. The molecule has 0 saturated heterocycles. The molecule has 2 N–H and O–H groups in total. The summed E-state index contributed by atoms with van der Waals surface area (Å²) in [6.07, 6.45) is 4.43. The summed E-state index contributed by atoms with van der Waals surface area (Å²) < 4.78 is 0. The van der Waals surface area contributed by atoms with Gasteiger partial charge >= 0.3 is 0 Å². The monoisotopic (exact) mass is 343 g/mol. The first-order chi connectivity index (χ1) is 12.1. The Morgan fingerprint density at radius 2 is 2.00 bits per heavy atom. The molecule has 1 atom stereocenters. The molecule has 1 aliphatic heterocycles. The number of carbonyl (C=O) groups is 3. The standard InChI is InChI=1S/C19H25N3O3/c1-13(19(25)20-12-11-17(23)21-15-9-10-15)22-16-7-3-2-5-14(16)6-4-8-18(22)24/h2-3,5,7,13,15H,4,6,8-12H2,1H3,(H,20,25)(H,21,23)/t13-/m1/s1. The van der Waals surface area contributed by atoms with E-state index in [0.717, 1.165) is 36.9 Å². The average molecular weight is 343 g/mol. The molecule has 1 fully saturated rings. The van der Waals surface area contributed by atoms with Crippen molar-refractivity contribution in [1.82, 2.24) is 10.6 Å². The lowest BCUT2D eigenvalue weighted by Crippen LogP contribution is -2.48. The summed E-state index contributed by atoms with van der Waals surface area (Å²) in [5.74, 6) is -0.296. The lowest BCUT2D eigenvalue weighted by molar-refractivity contribution is -0.126. The Bertz CT molecular complexity index is 670. The number of aryl methyl sites for hydroxylation is 1. The summed E-state index contributed by atoms with van der Waals surface area (Å²) in [6.45, 7) is 2.02. The molecule has 134 valence electrons. The van der Waals surface area contributed by atoms with Crippen LogP contribution in [-0.4, -0.2) is 36.3 Å². The molecule has 1 aliphatic carbocycles.